The zero-order chi connectivity index (χ0) is 19.2. The number of ether oxygens (including phenoxy) is 2. The second-order valence-electron chi connectivity index (χ2n) is 7.51. The maximum absolute atomic E-state index is 12.8. The van der Waals surface area contributed by atoms with Crippen molar-refractivity contribution in [3.63, 3.8) is 0 Å². The molecule has 0 radical (unpaired) electrons. The third-order valence-electron chi connectivity index (χ3n) is 5.70. The monoisotopic (exact) mass is 374 g/mol. The maximum Gasteiger partial charge on any atom is 0.254 e. The number of carbonyl (C=O) groups is 2. The number of methoxy groups -OCH3 is 2. The van der Waals surface area contributed by atoms with Crippen molar-refractivity contribution in [2.45, 2.75) is 51.0 Å². The van der Waals surface area contributed by atoms with Crippen LogP contribution in [0, 0.1) is 5.92 Å². The van der Waals surface area contributed by atoms with Crippen LogP contribution in [0.15, 0.2) is 18.2 Å². The zero-order valence-corrected chi connectivity index (χ0v) is 16.3. The number of amides is 2. The fraction of sp³-hybridized carbons (Fsp3) is 0.619. The highest BCUT2D eigenvalue weighted by Crippen LogP contribution is 2.26. The molecule has 1 heterocycles. The van der Waals surface area contributed by atoms with Crippen molar-refractivity contribution in [1.29, 1.82) is 0 Å². The summed E-state index contributed by atoms with van der Waals surface area (Å²) in [5, 5.41) is 3.21. The zero-order valence-electron chi connectivity index (χ0n) is 16.3. The van der Waals surface area contributed by atoms with Gasteiger partial charge in [-0.2, -0.15) is 0 Å². The molecule has 148 valence electrons. The van der Waals surface area contributed by atoms with Crippen molar-refractivity contribution in [2.24, 2.45) is 5.92 Å². The quantitative estimate of drug-likeness (QED) is 0.860. The summed E-state index contributed by atoms with van der Waals surface area (Å²) in [6.45, 7) is 1.29. The van der Waals surface area contributed by atoms with E-state index >= 15 is 0 Å². The van der Waals surface area contributed by atoms with Crippen molar-refractivity contribution < 1.29 is 19.1 Å². The molecule has 1 saturated heterocycles. The number of carbonyl (C=O) groups excluding carboxylic acids is 2. The van der Waals surface area contributed by atoms with Crippen LogP contribution in [-0.4, -0.2) is 50.1 Å². The number of benzene rings is 1. The van der Waals surface area contributed by atoms with Gasteiger partial charge in [-0.3, -0.25) is 9.59 Å². The van der Waals surface area contributed by atoms with Crippen LogP contribution < -0.4 is 14.8 Å². The van der Waals surface area contributed by atoms with Gasteiger partial charge in [0.25, 0.3) is 5.91 Å². The highest BCUT2D eigenvalue weighted by molar-refractivity contribution is 5.95. The topological polar surface area (TPSA) is 67.9 Å². The molecular formula is C21H30N2O4. The molecule has 2 aliphatic rings. The molecular weight excluding hydrogens is 344 g/mol. The van der Waals surface area contributed by atoms with Crippen LogP contribution in [0.3, 0.4) is 0 Å². The average molecular weight is 374 g/mol. The lowest BCUT2D eigenvalue weighted by Gasteiger charge is -2.33. The molecule has 1 N–H and O–H groups in total. The molecule has 2 fully saturated rings. The lowest BCUT2D eigenvalue weighted by atomic mass is 9.88. The van der Waals surface area contributed by atoms with Gasteiger partial charge in [-0.25, -0.2) is 0 Å². The summed E-state index contributed by atoms with van der Waals surface area (Å²) in [7, 11) is 3.15. The molecule has 1 saturated carbocycles. The third-order valence-corrected chi connectivity index (χ3v) is 5.70. The van der Waals surface area contributed by atoms with Crippen LogP contribution in [0.2, 0.25) is 0 Å². The number of nitrogens with zero attached hydrogens (tertiary/aromatic N) is 1. The minimum Gasteiger partial charge on any atom is -0.497 e. The first-order chi connectivity index (χ1) is 13.1. The van der Waals surface area contributed by atoms with Crippen LogP contribution in [0.25, 0.3) is 0 Å². The lowest BCUT2D eigenvalue weighted by molar-refractivity contribution is -0.126. The molecule has 0 unspecified atom stereocenters. The van der Waals surface area contributed by atoms with Gasteiger partial charge in [0.2, 0.25) is 5.91 Å². The smallest absolute Gasteiger partial charge is 0.254 e. The molecule has 0 atom stereocenters. The normalized spacial score (nSPS) is 18.8. The standard InChI is InChI=1S/C21H30N2O4/c1-26-18-12-16(13-19(14-18)27-2)21(25)23-10-8-17(9-11-23)22-20(24)15-6-4-3-5-7-15/h12-15,17H,3-11H2,1-2H3,(H,22,24). The van der Waals surface area contributed by atoms with E-state index in [0.717, 1.165) is 38.5 Å². The van der Waals surface area contributed by atoms with E-state index in [0.29, 0.717) is 30.2 Å². The number of rotatable bonds is 5. The first-order valence-corrected chi connectivity index (χ1v) is 9.93. The molecule has 6 nitrogen and oxygen atoms in total. The Morgan fingerprint density at radius 1 is 0.926 bits per heavy atom. The minimum absolute atomic E-state index is 0.0238. The minimum atomic E-state index is -0.0238. The summed E-state index contributed by atoms with van der Waals surface area (Å²) in [5.41, 5.74) is 0.566. The van der Waals surface area contributed by atoms with Crippen molar-refractivity contribution >= 4 is 11.8 Å². The Morgan fingerprint density at radius 3 is 2.07 bits per heavy atom. The van der Waals surface area contributed by atoms with Gasteiger partial charge >= 0.3 is 0 Å². The van der Waals surface area contributed by atoms with E-state index in [1.54, 1.807) is 32.4 Å². The van der Waals surface area contributed by atoms with Gasteiger partial charge in [0.05, 0.1) is 14.2 Å². The van der Waals surface area contributed by atoms with Crippen LogP contribution in [-0.2, 0) is 4.79 Å². The molecule has 0 bridgehead atoms. The molecule has 1 aromatic rings. The highest BCUT2D eigenvalue weighted by atomic mass is 16.5. The lowest BCUT2D eigenvalue weighted by Crippen LogP contribution is -2.48. The summed E-state index contributed by atoms with van der Waals surface area (Å²) >= 11 is 0. The van der Waals surface area contributed by atoms with Crippen LogP contribution in [0.1, 0.15) is 55.3 Å². The van der Waals surface area contributed by atoms with Gasteiger partial charge in [0.1, 0.15) is 11.5 Å². The Morgan fingerprint density at radius 2 is 1.52 bits per heavy atom. The highest BCUT2D eigenvalue weighted by Gasteiger charge is 2.28. The molecule has 27 heavy (non-hydrogen) atoms. The Bertz CT molecular complexity index is 640. The van der Waals surface area contributed by atoms with E-state index in [9.17, 15) is 9.59 Å². The molecule has 1 aromatic carbocycles. The summed E-state index contributed by atoms with van der Waals surface area (Å²) in [6.07, 6.45) is 7.20. The van der Waals surface area contributed by atoms with Gasteiger partial charge in [0.15, 0.2) is 0 Å². The van der Waals surface area contributed by atoms with Crippen molar-refractivity contribution in [3.05, 3.63) is 23.8 Å². The van der Waals surface area contributed by atoms with Crippen molar-refractivity contribution in [1.82, 2.24) is 10.2 Å². The number of nitrogens with one attached hydrogen (secondary N) is 1. The van der Waals surface area contributed by atoms with Crippen LogP contribution in [0.5, 0.6) is 11.5 Å². The molecule has 1 aliphatic heterocycles. The largest absolute Gasteiger partial charge is 0.497 e. The average Bonchev–Trinajstić information content (AvgIpc) is 2.74. The summed E-state index contributed by atoms with van der Waals surface area (Å²) in [4.78, 5) is 27.1. The fourth-order valence-corrected chi connectivity index (χ4v) is 4.02. The first kappa shape index (κ1) is 19.5. The number of hydrogen-bond acceptors (Lipinski definition) is 4. The van der Waals surface area contributed by atoms with E-state index in [1.165, 1.54) is 6.42 Å². The van der Waals surface area contributed by atoms with Gasteiger partial charge in [0, 0.05) is 36.7 Å². The maximum atomic E-state index is 12.8. The Hall–Kier alpha value is -2.24. The predicted octanol–water partition coefficient (Wildman–Crippen LogP) is 3.00. The second kappa shape index (κ2) is 9.11. The number of piperidine rings is 1. The molecule has 6 heteroatoms. The Labute approximate surface area is 161 Å². The summed E-state index contributed by atoms with van der Waals surface area (Å²) in [6, 6.07) is 5.40. The fourth-order valence-electron chi connectivity index (χ4n) is 4.02. The van der Waals surface area contributed by atoms with Crippen LogP contribution in [0.4, 0.5) is 0 Å². The van der Waals surface area contributed by atoms with E-state index < -0.39 is 0 Å². The summed E-state index contributed by atoms with van der Waals surface area (Å²) < 4.78 is 10.5. The van der Waals surface area contributed by atoms with Crippen molar-refractivity contribution in [2.75, 3.05) is 27.3 Å². The Kier molecular flexibility index (Phi) is 6.58. The molecule has 1 aliphatic carbocycles. The third kappa shape index (κ3) is 4.93. The molecule has 0 spiro atoms. The van der Waals surface area contributed by atoms with E-state index in [4.69, 9.17) is 9.47 Å². The van der Waals surface area contributed by atoms with E-state index in [1.807, 2.05) is 4.90 Å². The summed E-state index contributed by atoms with van der Waals surface area (Å²) in [5.74, 6) is 1.57. The van der Waals surface area contributed by atoms with E-state index in [2.05, 4.69) is 5.32 Å². The Balaban J connectivity index is 1.54. The predicted molar refractivity (Wildman–Crippen MR) is 103 cm³/mol. The number of likely N-dealkylation sites (tertiary alicyclic amines) is 1. The van der Waals surface area contributed by atoms with Crippen LogP contribution >= 0.6 is 0 Å². The number of hydrogen-bond donors (Lipinski definition) is 1. The van der Waals surface area contributed by atoms with E-state index in [-0.39, 0.29) is 23.8 Å². The second-order valence-corrected chi connectivity index (χ2v) is 7.51. The molecule has 3 rings (SSSR count). The SMILES string of the molecule is COc1cc(OC)cc(C(=O)N2CCC(NC(=O)C3CCCCC3)CC2)c1. The molecule has 0 aromatic heterocycles. The van der Waals surface area contributed by atoms with Gasteiger partial charge in [-0.05, 0) is 37.8 Å². The van der Waals surface area contributed by atoms with Gasteiger partial charge in [-0.15, -0.1) is 0 Å². The molecule has 2 amide bonds. The first-order valence-electron chi connectivity index (χ1n) is 9.93. The van der Waals surface area contributed by atoms with Crippen molar-refractivity contribution in [3.8, 4) is 11.5 Å². The van der Waals surface area contributed by atoms with Gasteiger partial charge in [-0.1, -0.05) is 19.3 Å². The van der Waals surface area contributed by atoms with Gasteiger partial charge < -0.3 is 19.7 Å².